The zero-order valence-electron chi connectivity index (χ0n) is 11.9. The molecular formula is C16H12ClFN4O. The molecule has 2 aromatic carbocycles. The van der Waals surface area contributed by atoms with Crippen LogP contribution in [0.3, 0.4) is 0 Å². The Morgan fingerprint density at radius 3 is 2.70 bits per heavy atom. The predicted octanol–water partition coefficient (Wildman–Crippen LogP) is 3.37. The highest BCUT2D eigenvalue weighted by Gasteiger charge is 2.12. The summed E-state index contributed by atoms with van der Waals surface area (Å²) in [4.78, 5) is 16.1. The van der Waals surface area contributed by atoms with Crippen molar-refractivity contribution in [1.82, 2.24) is 14.8 Å². The van der Waals surface area contributed by atoms with Gasteiger partial charge in [-0.3, -0.25) is 10.1 Å². The number of carbonyl (C=O) groups is 1. The highest BCUT2D eigenvalue weighted by Crippen LogP contribution is 2.16. The molecule has 0 aliphatic rings. The van der Waals surface area contributed by atoms with E-state index in [2.05, 4.69) is 15.4 Å². The largest absolute Gasteiger partial charge is 0.289 e. The summed E-state index contributed by atoms with van der Waals surface area (Å²) in [7, 11) is 0. The summed E-state index contributed by atoms with van der Waals surface area (Å²) in [5.41, 5.74) is 0.820. The summed E-state index contributed by atoms with van der Waals surface area (Å²) in [5, 5.41) is 7.01. The molecule has 116 valence electrons. The van der Waals surface area contributed by atoms with Crippen LogP contribution in [0.1, 0.15) is 15.9 Å². The van der Waals surface area contributed by atoms with Crippen LogP contribution in [0.2, 0.25) is 5.02 Å². The van der Waals surface area contributed by atoms with Gasteiger partial charge >= 0.3 is 0 Å². The zero-order valence-corrected chi connectivity index (χ0v) is 12.7. The lowest BCUT2D eigenvalue weighted by Crippen LogP contribution is -2.14. The number of hydrogen-bond donors (Lipinski definition) is 1. The van der Waals surface area contributed by atoms with Crippen molar-refractivity contribution in [1.29, 1.82) is 0 Å². The fraction of sp³-hybridized carbons (Fsp3) is 0.0625. The molecule has 0 bridgehead atoms. The maximum absolute atomic E-state index is 13.6. The van der Waals surface area contributed by atoms with Gasteiger partial charge in [-0.15, -0.1) is 5.10 Å². The molecule has 5 nitrogen and oxygen atoms in total. The van der Waals surface area contributed by atoms with Gasteiger partial charge in [-0.1, -0.05) is 41.9 Å². The summed E-state index contributed by atoms with van der Waals surface area (Å²) < 4.78 is 15.1. The molecule has 7 heteroatoms. The second kappa shape index (κ2) is 6.58. The Kier molecular flexibility index (Phi) is 4.34. The fourth-order valence-electron chi connectivity index (χ4n) is 2.04. The van der Waals surface area contributed by atoms with E-state index in [1.807, 2.05) is 0 Å². The summed E-state index contributed by atoms with van der Waals surface area (Å²) in [5.74, 6) is -0.588. The number of anilines is 1. The van der Waals surface area contributed by atoms with Crippen molar-refractivity contribution in [2.75, 3.05) is 5.32 Å². The minimum atomic E-state index is -0.403. The van der Waals surface area contributed by atoms with Gasteiger partial charge in [0.15, 0.2) is 0 Å². The minimum Gasteiger partial charge on any atom is -0.289 e. The number of nitrogens with zero attached hydrogens (tertiary/aromatic N) is 3. The molecule has 1 N–H and O–H groups in total. The SMILES string of the molecule is O=C(Nc1ncn(Cc2ccccc2F)n1)c1ccccc1Cl. The van der Waals surface area contributed by atoms with Crippen molar-refractivity contribution in [3.05, 3.63) is 76.8 Å². The van der Waals surface area contributed by atoms with Crippen molar-refractivity contribution in [3.8, 4) is 0 Å². The molecule has 0 radical (unpaired) electrons. The first kappa shape index (κ1) is 15.2. The lowest BCUT2D eigenvalue weighted by Gasteiger charge is -2.03. The molecular weight excluding hydrogens is 319 g/mol. The first-order valence-electron chi connectivity index (χ1n) is 6.82. The van der Waals surface area contributed by atoms with Crippen LogP contribution < -0.4 is 5.32 Å². The number of benzene rings is 2. The monoisotopic (exact) mass is 330 g/mol. The number of aromatic nitrogens is 3. The third kappa shape index (κ3) is 3.54. The van der Waals surface area contributed by atoms with Crippen LogP contribution in [0.25, 0.3) is 0 Å². The maximum Gasteiger partial charge on any atom is 0.259 e. The van der Waals surface area contributed by atoms with E-state index in [4.69, 9.17) is 11.6 Å². The number of halogens is 2. The quantitative estimate of drug-likeness (QED) is 0.798. The average molecular weight is 331 g/mol. The van der Waals surface area contributed by atoms with Gasteiger partial charge in [-0.2, -0.15) is 0 Å². The summed E-state index contributed by atoms with van der Waals surface area (Å²) in [6.07, 6.45) is 1.43. The average Bonchev–Trinajstić information content (AvgIpc) is 2.97. The van der Waals surface area contributed by atoms with E-state index in [-0.39, 0.29) is 18.3 Å². The molecule has 0 fully saturated rings. The van der Waals surface area contributed by atoms with Crippen LogP contribution >= 0.6 is 11.6 Å². The molecule has 0 saturated carbocycles. The van der Waals surface area contributed by atoms with E-state index in [0.29, 0.717) is 16.1 Å². The minimum absolute atomic E-state index is 0.131. The molecule has 0 spiro atoms. The number of carbonyl (C=O) groups excluding carboxylic acids is 1. The highest BCUT2D eigenvalue weighted by atomic mass is 35.5. The smallest absolute Gasteiger partial charge is 0.259 e. The van der Waals surface area contributed by atoms with E-state index in [1.165, 1.54) is 17.1 Å². The molecule has 0 atom stereocenters. The highest BCUT2D eigenvalue weighted by molar-refractivity contribution is 6.34. The van der Waals surface area contributed by atoms with E-state index in [0.717, 1.165) is 0 Å². The van der Waals surface area contributed by atoms with Crippen LogP contribution in [-0.4, -0.2) is 20.7 Å². The molecule has 0 saturated heterocycles. The first-order chi connectivity index (χ1) is 11.1. The van der Waals surface area contributed by atoms with E-state index < -0.39 is 5.91 Å². The van der Waals surface area contributed by atoms with Gasteiger partial charge in [0, 0.05) is 5.56 Å². The molecule has 1 aromatic heterocycles. The van der Waals surface area contributed by atoms with Crippen LogP contribution in [0.15, 0.2) is 54.9 Å². The summed E-state index contributed by atoms with van der Waals surface area (Å²) in [6, 6.07) is 13.1. The van der Waals surface area contributed by atoms with Gasteiger partial charge in [-0.05, 0) is 18.2 Å². The second-order valence-electron chi connectivity index (χ2n) is 4.79. The molecule has 3 rings (SSSR count). The number of hydrogen-bond acceptors (Lipinski definition) is 3. The Balaban J connectivity index is 1.72. The number of amides is 1. The normalized spacial score (nSPS) is 10.5. The lowest BCUT2D eigenvalue weighted by molar-refractivity contribution is 0.102. The van der Waals surface area contributed by atoms with Crippen molar-refractivity contribution in [3.63, 3.8) is 0 Å². The molecule has 1 amide bonds. The Labute approximate surface area is 136 Å². The Hall–Kier alpha value is -2.73. The molecule has 23 heavy (non-hydrogen) atoms. The van der Waals surface area contributed by atoms with Crippen molar-refractivity contribution < 1.29 is 9.18 Å². The zero-order chi connectivity index (χ0) is 16.2. The van der Waals surface area contributed by atoms with Gasteiger partial charge in [0.2, 0.25) is 5.95 Å². The molecule has 1 heterocycles. The van der Waals surface area contributed by atoms with Crippen molar-refractivity contribution in [2.45, 2.75) is 6.54 Å². The number of rotatable bonds is 4. The van der Waals surface area contributed by atoms with E-state index >= 15 is 0 Å². The van der Waals surface area contributed by atoms with Crippen LogP contribution in [0.5, 0.6) is 0 Å². The molecule has 0 aliphatic carbocycles. The number of nitrogens with one attached hydrogen (secondary N) is 1. The van der Waals surface area contributed by atoms with Crippen molar-refractivity contribution >= 4 is 23.5 Å². The van der Waals surface area contributed by atoms with Gasteiger partial charge in [0.05, 0.1) is 17.1 Å². The van der Waals surface area contributed by atoms with E-state index in [9.17, 15) is 9.18 Å². The predicted molar refractivity (Wildman–Crippen MR) is 84.9 cm³/mol. The van der Waals surface area contributed by atoms with Crippen molar-refractivity contribution in [2.24, 2.45) is 0 Å². The standard InChI is InChI=1S/C16H12ClFN4O/c17-13-7-3-2-6-12(13)15(23)20-16-19-10-22(21-16)9-11-5-1-4-8-14(11)18/h1-8,10H,9H2,(H,20,21,23). The topological polar surface area (TPSA) is 59.8 Å². The third-order valence-corrected chi connectivity index (χ3v) is 3.50. The van der Waals surface area contributed by atoms with Crippen LogP contribution in [-0.2, 0) is 6.54 Å². The first-order valence-corrected chi connectivity index (χ1v) is 7.20. The van der Waals surface area contributed by atoms with E-state index in [1.54, 1.807) is 42.5 Å². The molecule has 0 aliphatic heterocycles. The Morgan fingerprint density at radius 1 is 1.17 bits per heavy atom. The van der Waals surface area contributed by atoms with Gasteiger partial charge in [0.1, 0.15) is 12.1 Å². The summed E-state index contributed by atoms with van der Waals surface area (Å²) >= 11 is 5.97. The van der Waals surface area contributed by atoms with Gasteiger partial charge in [0.25, 0.3) is 5.91 Å². The Morgan fingerprint density at radius 2 is 1.91 bits per heavy atom. The lowest BCUT2D eigenvalue weighted by atomic mass is 10.2. The Bertz CT molecular complexity index is 849. The molecule has 3 aromatic rings. The summed E-state index contributed by atoms with van der Waals surface area (Å²) in [6.45, 7) is 0.224. The van der Waals surface area contributed by atoms with Gasteiger partial charge in [-0.25, -0.2) is 14.1 Å². The van der Waals surface area contributed by atoms with Crippen LogP contribution in [0.4, 0.5) is 10.3 Å². The second-order valence-corrected chi connectivity index (χ2v) is 5.20. The van der Waals surface area contributed by atoms with Gasteiger partial charge < -0.3 is 0 Å². The fourth-order valence-corrected chi connectivity index (χ4v) is 2.27. The third-order valence-electron chi connectivity index (χ3n) is 3.17. The maximum atomic E-state index is 13.6. The molecule has 0 unspecified atom stereocenters. The van der Waals surface area contributed by atoms with Crippen LogP contribution in [0, 0.1) is 5.82 Å².